The molecule has 0 saturated heterocycles. The minimum absolute atomic E-state index is 0.0594. The third-order valence-electron chi connectivity index (χ3n) is 5.56. The zero-order valence-electron chi connectivity index (χ0n) is 19.9. The lowest BCUT2D eigenvalue weighted by atomic mass is 10.1. The van der Waals surface area contributed by atoms with Crippen molar-refractivity contribution in [1.82, 2.24) is 35.0 Å². The van der Waals surface area contributed by atoms with Crippen LogP contribution in [0.1, 0.15) is 34.4 Å². The zero-order valence-corrected chi connectivity index (χ0v) is 19.9. The minimum atomic E-state index is -5.10. The number of amides is 1. The Labute approximate surface area is 209 Å². The van der Waals surface area contributed by atoms with Crippen LogP contribution in [0.25, 0.3) is 16.9 Å². The van der Waals surface area contributed by atoms with Crippen LogP contribution in [-0.4, -0.2) is 59.0 Å². The van der Waals surface area contributed by atoms with Gasteiger partial charge in [0.2, 0.25) is 5.65 Å². The van der Waals surface area contributed by atoms with Gasteiger partial charge in [-0.15, -0.1) is 5.10 Å². The molecule has 0 saturated carbocycles. The van der Waals surface area contributed by atoms with Gasteiger partial charge in [0.15, 0.2) is 11.3 Å². The number of aryl methyl sites for hydroxylation is 2. The van der Waals surface area contributed by atoms with E-state index < -0.39 is 47.5 Å². The highest BCUT2D eigenvalue weighted by molar-refractivity contribution is 5.96. The molecule has 0 aromatic carbocycles. The summed E-state index contributed by atoms with van der Waals surface area (Å²) in [7, 11) is 0. The molecular weight excluding hydrogens is 524 g/mol. The number of nitrogens with one attached hydrogen (secondary N) is 1. The number of halogens is 6. The second-order valence-corrected chi connectivity index (χ2v) is 8.51. The first kappa shape index (κ1) is 26.8. The molecule has 1 amide bonds. The number of alkyl halides is 6. The lowest BCUT2D eigenvalue weighted by Gasteiger charge is -2.26. The predicted octanol–water partition coefficient (Wildman–Crippen LogP) is 3.53. The lowest BCUT2D eigenvalue weighted by molar-refractivity contribution is -0.249. The summed E-state index contributed by atoms with van der Waals surface area (Å²) in [5, 5.41) is 18.9. The fourth-order valence-electron chi connectivity index (χ4n) is 3.47. The van der Waals surface area contributed by atoms with Gasteiger partial charge < -0.3 is 19.8 Å². The maximum atomic E-state index is 14.1. The first-order chi connectivity index (χ1) is 17.6. The van der Waals surface area contributed by atoms with Crippen molar-refractivity contribution in [3.05, 3.63) is 59.2 Å². The van der Waals surface area contributed by atoms with Crippen LogP contribution < -0.4 is 10.2 Å². The van der Waals surface area contributed by atoms with E-state index in [0.717, 1.165) is 0 Å². The summed E-state index contributed by atoms with van der Waals surface area (Å²) in [4.78, 5) is 26.5. The monoisotopic (exact) mass is 543 g/mol. The van der Waals surface area contributed by atoms with E-state index in [4.69, 9.17) is 4.84 Å². The Hall–Kier alpha value is -4.21. The summed E-state index contributed by atoms with van der Waals surface area (Å²) in [6, 6.07) is 6.70. The lowest BCUT2D eigenvalue weighted by Crippen LogP contribution is -2.51. The molecular formula is C22H19F6N7O3. The molecule has 4 rings (SSSR count). The summed E-state index contributed by atoms with van der Waals surface area (Å²) in [6.45, 7) is 2.24. The average Bonchev–Trinajstić information content (AvgIpc) is 3.38. The third kappa shape index (κ3) is 4.98. The molecule has 2 N–H and O–H groups in total. The van der Waals surface area contributed by atoms with E-state index in [1.807, 2.05) is 5.32 Å². The van der Waals surface area contributed by atoms with Crippen LogP contribution in [0.15, 0.2) is 36.5 Å². The largest absolute Gasteiger partial charge is 0.421 e. The van der Waals surface area contributed by atoms with Gasteiger partial charge in [-0.3, -0.25) is 4.79 Å². The van der Waals surface area contributed by atoms with E-state index in [-0.39, 0.29) is 16.9 Å². The van der Waals surface area contributed by atoms with Crippen LogP contribution >= 0.6 is 0 Å². The van der Waals surface area contributed by atoms with Crippen molar-refractivity contribution < 1.29 is 41.1 Å². The third-order valence-corrected chi connectivity index (χ3v) is 5.56. The first-order valence-corrected chi connectivity index (χ1v) is 10.8. The molecule has 0 spiro atoms. The molecule has 16 heteroatoms. The van der Waals surface area contributed by atoms with Gasteiger partial charge in [0.25, 0.3) is 11.8 Å². The number of hydrogen-bond donors (Lipinski definition) is 2. The molecule has 0 fully saturated rings. The Kier molecular flexibility index (Phi) is 6.55. The molecule has 4 aromatic heterocycles. The number of hydrogen-bond acceptors (Lipinski definition) is 7. The molecule has 10 nitrogen and oxygen atoms in total. The molecule has 0 aliphatic carbocycles. The van der Waals surface area contributed by atoms with Gasteiger partial charge in [-0.1, -0.05) is 4.85 Å². The number of fused-ring (bicyclic) bond motifs is 1. The second kappa shape index (κ2) is 9.27. The second-order valence-electron chi connectivity index (χ2n) is 8.51. The maximum absolute atomic E-state index is 14.1. The molecule has 38 heavy (non-hydrogen) atoms. The Balaban J connectivity index is 1.87. The Bertz CT molecular complexity index is 1490. The Morgan fingerprint density at radius 1 is 1.11 bits per heavy atom. The molecule has 0 radical (unpaired) electrons. The van der Waals surface area contributed by atoms with Crippen molar-refractivity contribution >= 4 is 17.1 Å². The van der Waals surface area contributed by atoms with Gasteiger partial charge in [0.1, 0.15) is 11.1 Å². The summed E-state index contributed by atoms with van der Waals surface area (Å²) < 4.78 is 83.0. The van der Waals surface area contributed by atoms with Crippen molar-refractivity contribution in [3.8, 4) is 11.6 Å². The van der Waals surface area contributed by atoms with E-state index >= 15 is 0 Å². The molecule has 4 heterocycles. The van der Waals surface area contributed by atoms with Crippen LogP contribution in [0.2, 0.25) is 0 Å². The van der Waals surface area contributed by atoms with Crippen LogP contribution in [-0.2, 0) is 6.18 Å². The maximum Gasteiger partial charge on any atom is 0.421 e. The Morgan fingerprint density at radius 3 is 2.37 bits per heavy atom. The quantitative estimate of drug-likeness (QED) is 0.357. The first-order valence-electron chi connectivity index (χ1n) is 10.8. The number of aliphatic hydroxyl groups is 1. The number of pyridine rings is 2. The fourth-order valence-corrected chi connectivity index (χ4v) is 3.47. The molecule has 4 aromatic rings. The number of rotatable bonds is 6. The highest BCUT2D eigenvalue weighted by Crippen LogP contribution is 2.38. The number of carbonyl (C=O) groups excluding carboxylic acids is 1. The highest BCUT2D eigenvalue weighted by Gasteiger charge is 2.50. The van der Waals surface area contributed by atoms with Crippen LogP contribution in [0.4, 0.5) is 26.3 Å². The summed E-state index contributed by atoms with van der Waals surface area (Å²) >= 11 is 0. The smallest absolute Gasteiger partial charge is 0.379 e. The normalized spacial score (nSPS) is 13.9. The van der Waals surface area contributed by atoms with Crippen molar-refractivity contribution in [1.29, 1.82) is 0 Å². The molecule has 1 unspecified atom stereocenters. The van der Waals surface area contributed by atoms with E-state index in [1.54, 1.807) is 26.0 Å². The molecule has 0 bridgehead atoms. The van der Waals surface area contributed by atoms with Gasteiger partial charge in [-0.05, 0) is 56.3 Å². The number of nitrogens with zero attached hydrogens (tertiary/aromatic N) is 6. The van der Waals surface area contributed by atoms with Crippen molar-refractivity contribution in [2.45, 2.75) is 38.7 Å². The standard InChI is InChI=1S/C22H19F6N7O3/c1-11-6-7-12(2)34(11)15-9-13(21(23,24)25)19(38-35-17-14(32-33-35)5-4-8-29-17)31-16(15)18(36)30-10-20(3,37)22(26,27)28/h4-9,37H,10H2,1-3H3,(H,30,36). The van der Waals surface area contributed by atoms with E-state index in [9.17, 15) is 36.2 Å². The average molecular weight is 543 g/mol. The number of aromatic nitrogens is 6. The van der Waals surface area contributed by atoms with Gasteiger partial charge in [0.05, 0.1) is 12.2 Å². The highest BCUT2D eigenvalue weighted by atomic mass is 19.4. The predicted molar refractivity (Wildman–Crippen MR) is 118 cm³/mol. The van der Waals surface area contributed by atoms with Gasteiger partial charge in [0, 0.05) is 17.6 Å². The minimum Gasteiger partial charge on any atom is -0.379 e. The summed E-state index contributed by atoms with van der Waals surface area (Å²) in [5.74, 6) is -2.42. The van der Waals surface area contributed by atoms with Gasteiger partial charge in [-0.25, -0.2) is 9.97 Å². The van der Waals surface area contributed by atoms with Crippen molar-refractivity contribution in [3.63, 3.8) is 0 Å². The Morgan fingerprint density at radius 2 is 1.76 bits per heavy atom. The zero-order chi connectivity index (χ0) is 28.0. The van der Waals surface area contributed by atoms with Crippen molar-refractivity contribution in [2.75, 3.05) is 6.54 Å². The molecule has 0 aliphatic heterocycles. The summed E-state index contributed by atoms with van der Waals surface area (Å²) in [6.07, 6.45) is -8.82. The van der Waals surface area contributed by atoms with E-state index in [0.29, 0.717) is 29.2 Å². The molecule has 1 atom stereocenters. The summed E-state index contributed by atoms with van der Waals surface area (Å²) in [5.41, 5.74) is -4.86. The van der Waals surface area contributed by atoms with Crippen LogP contribution in [0.3, 0.4) is 0 Å². The number of carbonyl (C=O) groups is 1. The van der Waals surface area contributed by atoms with Crippen LogP contribution in [0, 0.1) is 13.8 Å². The van der Waals surface area contributed by atoms with Gasteiger partial charge >= 0.3 is 12.4 Å². The van der Waals surface area contributed by atoms with Crippen LogP contribution in [0.5, 0.6) is 5.88 Å². The fraction of sp³-hybridized carbons (Fsp3) is 0.318. The van der Waals surface area contributed by atoms with E-state index in [2.05, 4.69) is 20.3 Å². The van der Waals surface area contributed by atoms with Crippen molar-refractivity contribution in [2.24, 2.45) is 0 Å². The molecule has 0 aliphatic rings. The van der Waals surface area contributed by atoms with Gasteiger partial charge in [-0.2, -0.15) is 26.3 Å². The topological polar surface area (TPSA) is 120 Å². The molecule has 202 valence electrons. The SMILES string of the molecule is Cc1ccc(C)n1-c1cc(C(F)(F)F)c(On2nnc3cccnc32)nc1C(=O)NCC(C)(O)C(F)(F)F. The van der Waals surface area contributed by atoms with E-state index in [1.165, 1.54) is 22.9 Å².